The highest BCUT2D eigenvalue weighted by Crippen LogP contribution is 2.27. The predicted octanol–water partition coefficient (Wildman–Crippen LogP) is 2.85. The van der Waals surface area contributed by atoms with E-state index in [2.05, 4.69) is 15.0 Å². The Labute approximate surface area is 132 Å². The lowest BCUT2D eigenvalue weighted by Gasteiger charge is -2.12. The highest BCUT2D eigenvalue weighted by molar-refractivity contribution is 7.89. The second kappa shape index (κ2) is 5.92. The molecule has 112 valence electrons. The molecular formula is C13H14ClN3O2S2. The lowest BCUT2D eigenvalue weighted by atomic mass is 10.3. The third kappa shape index (κ3) is 3.74. The zero-order chi connectivity index (χ0) is 14.9. The van der Waals surface area contributed by atoms with E-state index in [-0.39, 0.29) is 10.9 Å². The van der Waals surface area contributed by atoms with Gasteiger partial charge in [0.25, 0.3) is 0 Å². The first-order chi connectivity index (χ1) is 10.0. The standard InChI is InChI=1S/C13H14ClN3O2S2/c14-13-16-8-10(20-13)7-15-11-3-1-2-4-12(11)21(18,19)17-9-5-6-9/h1-4,8-9,15,17H,5-7H2. The van der Waals surface area contributed by atoms with Gasteiger partial charge in [0.05, 0.1) is 12.2 Å². The van der Waals surface area contributed by atoms with Crippen LogP contribution in [0.4, 0.5) is 5.69 Å². The van der Waals surface area contributed by atoms with Crippen LogP contribution in [-0.4, -0.2) is 19.4 Å². The van der Waals surface area contributed by atoms with Crippen LogP contribution in [0.25, 0.3) is 0 Å². The van der Waals surface area contributed by atoms with Gasteiger partial charge >= 0.3 is 0 Å². The van der Waals surface area contributed by atoms with Gasteiger partial charge in [0.1, 0.15) is 4.90 Å². The Bertz CT molecular complexity index is 741. The molecule has 1 aliphatic rings. The van der Waals surface area contributed by atoms with Gasteiger partial charge in [-0.1, -0.05) is 23.7 Å². The van der Waals surface area contributed by atoms with Gasteiger partial charge in [0.15, 0.2) is 4.47 Å². The van der Waals surface area contributed by atoms with E-state index in [9.17, 15) is 8.42 Å². The number of sulfonamides is 1. The number of nitrogens with zero attached hydrogens (tertiary/aromatic N) is 1. The summed E-state index contributed by atoms with van der Waals surface area (Å²) in [6.07, 6.45) is 3.50. The van der Waals surface area contributed by atoms with Crippen molar-refractivity contribution in [2.45, 2.75) is 30.3 Å². The number of thiazole rings is 1. The summed E-state index contributed by atoms with van der Waals surface area (Å²) in [6, 6.07) is 6.97. The number of rotatable bonds is 6. The number of para-hydroxylation sites is 1. The Kier molecular flexibility index (Phi) is 4.17. The molecule has 5 nitrogen and oxygen atoms in total. The van der Waals surface area contributed by atoms with Crippen LogP contribution in [0, 0.1) is 0 Å². The number of hydrogen-bond donors (Lipinski definition) is 2. The molecule has 1 aromatic heterocycles. The van der Waals surface area contributed by atoms with E-state index in [0.29, 0.717) is 16.7 Å². The summed E-state index contributed by atoms with van der Waals surface area (Å²) in [4.78, 5) is 5.18. The van der Waals surface area contributed by atoms with Crippen molar-refractivity contribution >= 4 is 38.6 Å². The largest absolute Gasteiger partial charge is 0.379 e. The van der Waals surface area contributed by atoms with Crippen LogP contribution in [0.15, 0.2) is 35.4 Å². The van der Waals surface area contributed by atoms with Crippen LogP contribution < -0.4 is 10.0 Å². The van der Waals surface area contributed by atoms with Gasteiger partial charge in [0.2, 0.25) is 10.0 Å². The fourth-order valence-electron chi connectivity index (χ4n) is 1.88. The number of halogens is 1. The second-order valence-electron chi connectivity index (χ2n) is 4.82. The van der Waals surface area contributed by atoms with Crippen molar-refractivity contribution in [1.82, 2.24) is 9.71 Å². The van der Waals surface area contributed by atoms with E-state index in [1.165, 1.54) is 11.3 Å². The third-order valence-corrected chi connectivity index (χ3v) is 5.75. The van der Waals surface area contributed by atoms with Crippen molar-refractivity contribution in [1.29, 1.82) is 0 Å². The fourth-order valence-corrected chi connectivity index (χ4v) is 4.29. The number of hydrogen-bond acceptors (Lipinski definition) is 5. The van der Waals surface area contributed by atoms with Crippen LogP contribution in [-0.2, 0) is 16.6 Å². The van der Waals surface area contributed by atoms with Crippen molar-refractivity contribution in [3.8, 4) is 0 Å². The maximum absolute atomic E-state index is 12.3. The Morgan fingerprint density at radius 1 is 1.33 bits per heavy atom. The molecule has 8 heteroatoms. The second-order valence-corrected chi connectivity index (χ2v) is 8.20. The topological polar surface area (TPSA) is 71.1 Å². The normalized spacial score (nSPS) is 15.1. The molecule has 3 rings (SSSR count). The van der Waals surface area contributed by atoms with E-state index in [1.54, 1.807) is 30.5 Å². The summed E-state index contributed by atoms with van der Waals surface area (Å²) in [5.74, 6) is 0. The number of anilines is 1. The Morgan fingerprint density at radius 3 is 2.76 bits per heavy atom. The van der Waals surface area contributed by atoms with Crippen LogP contribution in [0.1, 0.15) is 17.7 Å². The first kappa shape index (κ1) is 14.8. The summed E-state index contributed by atoms with van der Waals surface area (Å²) in [5, 5.41) is 3.14. The molecule has 1 aromatic carbocycles. The highest BCUT2D eigenvalue weighted by Gasteiger charge is 2.29. The molecule has 0 aliphatic heterocycles. The Hall–Kier alpha value is -1.15. The lowest BCUT2D eigenvalue weighted by Crippen LogP contribution is -2.26. The molecule has 2 N–H and O–H groups in total. The minimum absolute atomic E-state index is 0.0864. The van der Waals surface area contributed by atoms with Crippen LogP contribution in [0.2, 0.25) is 4.47 Å². The molecule has 0 bridgehead atoms. The zero-order valence-electron chi connectivity index (χ0n) is 11.0. The van der Waals surface area contributed by atoms with Gasteiger partial charge in [-0.3, -0.25) is 0 Å². The fraction of sp³-hybridized carbons (Fsp3) is 0.308. The summed E-state index contributed by atoms with van der Waals surface area (Å²) >= 11 is 7.15. The first-order valence-electron chi connectivity index (χ1n) is 6.50. The summed E-state index contributed by atoms with van der Waals surface area (Å²) in [7, 11) is -3.48. The molecule has 0 spiro atoms. The van der Waals surface area contributed by atoms with Crippen molar-refractivity contribution < 1.29 is 8.42 Å². The quantitative estimate of drug-likeness (QED) is 0.846. The first-order valence-corrected chi connectivity index (χ1v) is 9.18. The van der Waals surface area contributed by atoms with E-state index in [4.69, 9.17) is 11.6 Å². The molecule has 1 heterocycles. The molecular weight excluding hydrogens is 330 g/mol. The van der Waals surface area contributed by atoms with Crippen molar-refractivity contribution in [2.75, 3.05) is 5.32 Å². The highest BCUT2D eigenvalue weighted by atomic mass is 35.5. The van der Waals surface area contributed by atoms with Crippen molar-refractivity contribution in [3.63, 3.8) is 0 Å². The van der Waals surface area contributed by atoms with E-state index in [0.717, 1.165) is 17.7 Å². The van der Waals surface area contributed by atoms with Crippen LogP contribution in [0.5, 0.6) is 0 Å². The summed E-state index contributed by atoms with van der Waals surface area (Å²) < 4.78 is 27.8. The maximum atomic E-state index is 12.3. The van der Waals surface area contributed by atoms with Gasteiger partial charge in [0, 0.05) is 17.1 Å². The molecule has 0 saturated heterocycles. The summed E-state index contributed by atoms with van der Waals surface area (Å²) in [6.45, 7) is 0.486. The lowest BCUT2D eigenvalue weighted by molar-refractivity contribution is 0.581. The van der Waals surface area contributed by atoms with E-state index >= 15 is 0 Å². The Morgan fingerprint density at radius 2 is 2.10 bits per heavy atom. The smallest absolute Gasteiger partial charge is 0.242 e. The van der Waals surface area contributed by atoms with Crippen LogP contribution in [0.3, 0.4) is 0 Å². The number of nitrogens with one attached hydrogen (secondary N) is 2. The Balaban J connectivity index is 1.78. The van der Waals surface area contributed by atoms with Gasteiger partial charge in [-0.2, -0.15) is 0 Å². The van der Waals surface area contributed by atoms with Crippen LogP contribution >= 0.6 is 22.9 Å². The number of benzene rings is 1. The molecule has 1 fully saturated rings. The van der Waals surface area contributed by atoms with Crippen molar-refractivity contribution in [3.05, 3.63) is 39.8 Å². The monoisotopic (exact) mass is 343 g/mol. The minimum Gasteiger partial charge on any atom is -0.379 e. The SMILES string of the molecule is O=S(=O)(NC1CC1)c1ccccc1NCc1cnc(Cl)s1. The van der Waals surface area contributed by atoms with Gasteiger partial charge in [-0.05, 0) is 25.0 Å². The maximum Gasteiger partial charge on any atom is 0.242 e. The zero-order valence-corrected chi connectivity index (χ0v) is 13.4. The molecule has 1 saturated carbocycles. The van der Waals surface area contributed by atoms with E-state index in [1.807, 2.05) is 0 Å². The third-order valence-electron chi connectivity index (χ3n) is 3.05. The van der Waals surface area contributed by atoms with E-state index < -0.39 is 10.0 Å². The minimum atomic E-state index is -3.48. The molecule has 0 radical (unpaired) electrons. The number of aromatic nitrogens is 1. The van der Waals surface area contributed by atoms with Gasteiger partial charge < -0.3 is 5.32 Å². The summed E-state index contributed by atoms with van der Waals surface area (Å²) in [5.41, 5.74) is 0.579. The predicted molar refractivity (Wildman–Crippen MR) is 84.2 cm³/mol. The van der Waals surface area contributed by atoms with Gasteiger partial charge in [-0.15, -0.1) is 11.3 Å². The molecule has 0 amide bonds. The van der Waals surface area contributed by atoms with Gasteiger partial charge in [-0.25, -0.2) is 18.1 Å². The average molecular weight is 344 g/mol. The molecule has 1 aliphatic carbocycles. The average Bonchev–Trinajstić information content (AvgIpc) is 3.15. The van der Waals surface area contributed by atoms with Crippen molar-refractivity contribution in [2.24, 2.45) is 0 Å². The molecule has 21 heavy (non-hydrogen) atoms. The molecule has 0 unspecified atom stereocenters. The molecule has 0 atom stereocenters. The molecule has 2 aromatic rings.